The molecule has 1 atom stereocenters. The number of nitrogens with zero attached hydrogens (tertiary/aromatic N) is 2. The highest BCUT2D eigenvalue weighted by Crippen LogP contribution is 2.32. The number of aliphatic hydroxyl groups excluding tert-OH is 1. The summed E-state index contributed by atoms with van der Waals surface area (Å²) in [5.74, 6) is 1.43. The molecule has 27 heavy (non-hydrogen) atoms. The first-order valence-electron chi connectivity index (χ1n) is 10.3. The van der Waals surface area contributed by atoms with E-state index in [0.29, 0.717) is 23.5 Å². The maximum atomic E-state index is 10.3. The van der Waals surface area contributed by atoms with Crippen LogP contribution in [0, 0.1) is 5.41 Å². The van der Waals surface area contributed by atoms with Crippen LogP contribution in [0.15, 0.2) is 18.2 Å². The van der Waals surface area contributed by atoms with Gasteiger partial charge in [-0.2, -0.15) is 0 Å². The van der Waals surface area contributed by atoms with E-state index in [1.807, 2.05) is 6.07 Å². The number of aliphatic hydroxyl groups is 1. The van der Waals surface area contributed by atoms with Crippen molar-refractivity contribution in [3.63, 3.8) is 0 Å². The minimum absolute atomic E-state index is 0.272. The second-order valence-corrected chi connectivity index (χ2v) is 8.38. The van der Waals surface area contributed by atoms with Gasteiger partial charge >= 0.3 is 0 Å². The molecule has 1 heterocycles. The topological polar surface area (TPSA) is 45.2 Å². The van der Waals surface area contributed by atoms with Crippen LogP contribution in [0.2, 0.25) is 0 Å². The van der Waals surface area contributed by atoms with Gasteiger partial charge in [0.15, 0.2) is 11.5 Å². The van der Waals surface area contributed by atoms with E-state index >= 15 is 0 Å². The van der Waals surface area contributed by atoms with Gasteiger partial charge < -0.3 is 19.5 Å². The monoisotopic (exact) mass is 378 g/mol. The van der Waals surface area contributed by atoms with Crippen molar-refractivity contribution in [2.75, 3.05) is 46.4 Å². The highest BCUT2D eigenvalue weighted by molar-refractivity contribution is 5.43. The number of piperidine rings is 1. The summed E-state index contributed by atoms with van der Waals surface area (Å²) in [6.07, 6.45) is 1.97. The van der Waals surface area contributed by atoms with Crippen molar-refractivity contribution in [2.24, 2.45) is 5.41 Å². The van der Waals surface area contributed by atoms with Gasteiger partial charge in [-0.3, -0.25) is 4.90 Å². The highest BCUT2D eigenvalue weighted by atomic mass is 16.5. The summed E-state index contributed by atoms with van der Waals surface area (Å²) in [4.78, 5) is 4.70. The molecule has 1 fully saturated rings. The van der Waals surface area contributed by atoms with Crippen LogP contribution in [-0.4, -0.2) is 67.5 Å². The molecule has 0 saturated carbocycles. The van der Waals surface area contributed by atoms with Crippen molar-refractivity contribution in [1.82, 2.24) is 9.80 Å². The lowest BCUT2D eigenvalue weighted by Crippen LogP contribution is -2.36. The zero-order valence-electron chi connectivity index (χ0n) is 17.8. The van der Waals surface area contributed by atoms with Gasteiger partial charge in [0.2, 0.25) is 0 Å². The maximum absolute atomic E-state index is 10.3. The fourth-order valence-corrected chi connectivity index (χ4v) is 3.53. The Labute approximate surface area is 165 Å². The Morgan fingerprint density at radius 3 is 2.41 bits per heavy atom. The van der Waals surface area contributed by atoms with Gasteiger partial charge in [-0.25, -0.2) is 0 Å². The molecule has 1 aromatic carbocycles. The summed E-state index contributed by atoms with van der Waals surface area (Å²) < 4.78 is 11.4. The molecule has 1 unspecified atom stereocenters. The van der Waals surface area contributed by atoms with Gasteiger partial charge in [-0.05, 0) is 62.1 Å². The van der Waals surface area contributed by atoms with Gasteiger partial charge in [0.1, 0.15) is 12.7 Å². The largest absolute Gasteiger partial charge is 0.493 e. The zero-order valence-corrected chi connectivity index (χ0v) is 17.8. The normalized spacial score (nSPS) is 18.5. The minimum atomic E-state index is -0.511. The van der Waals surface area contributed by atoms with Crippen molar-refractivity contribution >= 4 is 0 Å². The molecule has 0 radical (unpaired) electrons. The predicted molar refractivity (Wildman–Crippen MR) is 111 cm³/mol. The summed E-state index contributed by atoms with van der Waals surface area (Å²) in [5, 5.41) is 10.3. The van der Waals surface area contributed by atoms with Crippen LogP contribution in [0.3, 0.4) is 0 Å². The fraction of sp³-hybridized carbons (Fsp3) is 0.727. The second-order valence-electron chi connectivity index (χ2n) is 8.38. The Hall–Kier alpha value is -1.30. The number of hydrogen-bond donors (Lipinski definition) is 1. The molecular formula is C22H38N2O3. The first-order chi connectivity index (χ1) is 12.9. The first-order valence-corrected chi connectivity index (χ1v) is 10.3. The third-order valence-electron chi connectivity index (χ3n) is 5.64. The number of likely N-dealkylation sites (N-methyl/N-ethyl adjacent to an activating group) is 1. The Bertz CT molecular complexity index is 563. The van der Waals surface area contributed by atoms with E-state index < -0.39 is 6.10 Å². The molecular weight excluding hydrogens is 340 g/mol. The Kier molecular flexibility index (Phi) is 8.39. The summed E-state index contributed by atoms with van der Waals surface area (Å²) >= 11 is 0. The van der Waals surface area contributed by atoms with E-state index in [9.17, 15) is 5.11 Å². The van der Waals surface area contributed by atoms with E-state index in [1.165, 1.54) is 18.4 Å². The maximum Gasteiger partial charge on any atom is 0.161 e. The van der Waals surface area contributed by atoms with Crippen LogP contribution in [-0.2, 0) is 6.54 Å². The van der Waals surface area contributed by atoms with Gasteiger partial charge in [0.05, 0.1) is 7.11 Å². The first kappa shape index (κ1) is 22.0. The molecule has 0 bridgehead atoms. The number of rotatable bonds is 10. The molecule has 1 aliphatic rings. The van der Waals surface area contributed by atoms with Crippen LogP contribution >= 0.6 is 0 Å². The summed E-state index contributed by atoms with van der Waals surface area (Å²) in [6.45, 7) is 14.9. The van der Waals surface area contributed by atoms with Crippen molar-refractivity contribution < 1.29 is 14.6 Å². The quantitative estimate of drug-likeness (QED) is 0.676. The fourth-order valence-electron chi connectivity index (χ4n) is 3.53. The van der Waals surface area contributed by atoms with Crippen LogP contribution in [0.5, 0.6) is 11.5 Å². The lowest BCUT2D eigenvalue weighted by molar-refractivity contribution is 0.0704. The minimum Gasteiger partial charge on any atom is -0.493 e. The van der Waals surface area contributed by atoms with E-state index in [0.717, 1.165) is 32.7 Å². The SMILES string of the molecule is CCN(CC)CC(O)COc1cc(CN2CCC(C)(C)CC2)ccc1OC. The number of methoxy groups -OCH3 is 1. The molecule has 1 N–H and O–H groups in total. The molecule has 0 amide bonds. The van der Waals surface area contributed by atoms with Crippen molar-refractivity contribution in [3.8, 4) is 11.5 Å². The molecule has 154 valence electrons. The van der Waals surface area contributed by atoms with Gasteiger partial charge in [-0.1, -0.05) is 33.8 Å². The lowest BCUT2D eigenvalue weighted by Gasteiger charge is -2.37. The number of ether oxygens (including phenoxy) is 2. The standard InChI is InChI=1S/C22H38N2O3/c1-6-23(7-2)16-19(25)17-27-21-14-18(8-9-20(21)26-5)15-24-12-10-22(3,4)11-13-24/h8-9,14,19,25H,6-7,10-13,15-17H2,1-5H3. The molecule has 1 aliphatic heterocycles. The van der Waals surface area contributed by atoms with E-state index in [-0.39, 0.29) is 6.61 Å². The highest BCUT2D eigenvalue weighted by Gasteiger charge is 2.25. The average molecular weight is 379 g/mol. The second kappa shape index (κ2) is 10.3. The van der Waals surface area contributed by atoms with E-state index in [2.05, 4.69) is 49.6 Å². The molecule has 5 nitrogen and oxygen atoms in total. The summed E-state index contributed by atoms with van der Waals surface area (Å²) in [7, 11) is 1.65. The molecule has 0 aliphatic carbocycles. The van der Waals surface area contributed by atoms with Gasteiger partial charge in [0, 0.05) is 13.1 Å². The molecule has 1 aromatic rings. The summed E-state index contributed by atoms with van der Waals surface area (Å²) in [6, 6.07) is 6.13. The summed E-state index contributed by atoms with van der Waals surface area (Å²) in [5.41, 5.74) is 1.69. The molecule has 1 saturated heterocycles. The number of likely N-dealkylation sites (tertiary alicyclic amines) is 1. The van der Waals surface area contributed by atoms with Crippen molar-refractivity contribution in [2.45, 2.75) is 53.2 Å². The molecule has 0 spiro atoms. The van der Waals surface area contributed by atoms with Crippen LogP contribution in [0.25, 0.3) is 0 Å². The van der Waals surface area contributed by atoms with E-state index in [4.69, 9.17) is 9.47 Å². The molecule has 5 heteroatoms. The Balaban J connectivity index is 1.94. The lowest BCUT2D eigenvalue weighted by atomic mass is 9.82. The van der Waals surface area contributed by atoms with E-state index in [1.54, 1.807) is 7.11 Å². The third-order valence-corrected chi connectivity index (χ3v) is 5.64. The van der Waals surface area contributed by atoms with Crippen molar-refractivity contribution in [1.29, 1.82) is 0 Å². The average Bonchev–Trinajstić information content (AvgIpc) is 2.66. The van der Waals surface area contributed by atoms with Gasteiger partial charge in [-0.15, -0.1) is 0 Å². The number of benzene rings is 1. The van der Waals surface area contributed by atoms with Crippen LogP contribution < -0.4 is 9.47 Å². The third kappa shape index (κ3) is 6.98. The van der Waals surface area contributed by atoms with Gasteiger partial charge in [0.25, 0.3) is 0 Å². The van der Waals surface area contributed by atoms with Crippen LogP contribution in [0.1, 0.15) is 46.1 Å². The predicted octanol–water partition coefficient (Wildman–Crippen LogP) is 3.40. The Morgan fingerprint density at radius 2 is 1.81 bits per heavy atom. The molecule has 0 aromatic heterocycles. The Morgan fingerprint density at radius 1 is 1.15 bits per heavy atom. The number of hydrogen-bond acceptors (Lipinski definition) is 5. The molecule has 2 rings (SSSR count). The zero-order chi connectivity index (χ0) is 19.9. The van der Waals surface area contributed by atoms with Crippen molar-refractivity contribution in [3.05, 3.63) is 23.8 Å². The smallest absolute Gasteiger partial charge is 0.161 e. The van der Waals surface area contributed by atoms with Crippen LogP contribution in [0.4, 0.5) is 0 Å².